The molecule has 0 spiro atoms. The second-order valence-electron chi connectivity index (χ2n) is 6.23. The Morgan fingerprint density at radius 2 is 1.68 bits per heavy atom. The van der Waals surface area contributed by atoms with Gasteiger partial charge in [0.05, 0.1) is 11.1 Å². The number of nitrogen functional groups attached to an aromatic ring is 1. The molecule has 134 valence electrons. The van der Waals surface area contributed by atoms with E-state index in [9.17, 15) is 0 Å². The standard InChI is InChI=1S/C20H14N8/c21-19-17(20-25-27-28-26-20)10-14(11-24-19)13-1-2-18-16(9-13)15(5-8-23-18)12-3-6-22-7-4-12/h1-11H,(H2,21,24)(H,25,26,27,28). The van der Waals surface area contributed by atoms with Crippen molar-refractivity contribution in [3.63, 3.8) is 0 Å². The molecule has 0 unspecified atom stereocenters. The summed E-state index contributed by atoms with van der Waals surface area (Å²) >= 11 is 0. The lowest BCUT2D eigenvalue weighted by Crippen LogP contribution is -1.96. The summed E-state index contributed by atoms with van der Waals surface area (Å²) in [5.41, 5.74) is 11.7. The second kappa shape index (κ2) is 6.51. The zero-order chi connectivity index (χ0) is 18.9. The first-order valence-corrected chi connectivity index (χ1v) is 8.59. The van der Waals surface area contributed by atoms with Crippen LogP contribution in [0.1, 0.15) is 0 Å². The number of nitrogens with two attached hydrogens (primary N) is 1. The number of nitrogens with one attached hydrogen (secondary N) is 1. The van der Waals surface area contributed by atoms with Crippen LogP contribution in [-0.2, 0) is 0 Å². The topological polar surface area (TPSA) is 119 Å². The van der Waals surface area contributed by atoms with Crippen LogP contribution in [-0.4, -0.2) is 35.6 Å². The summed E-state index contributed by atoms with van der Waals surface area (Å²) in [5, 5.41) is 14.9. The van der Waals surface area contributed by atoms with Crippen LogP contribution in [0.15, 0.2) is 67.3 Å². The van der Waals surface area contributed by atoms with Crippen LogP contribution in [0.5, 0.6) is 0 Å². The molecule has 0 aliphatic heterocycles. The average Bonchev–Trinajstić information content (AvgIpc) is 3.28. The number of nitrogens with zero attached hydrogens (tertiary/aromatic N) is 6. The minimum Gasteiger partial charge on any atom is -0.383 e. The SMILES string of the molecule is Nc1ncc(-c2ccc3nccc(-c4ccncc4)c3c2)cc1-c1nnn[nH]1. The minimum absolute atomic E-state index is 0.363. The van der Waals surface area contributed by atoms with Crippen molar-refractivity contribution >= 4 is 16.7 Å². The normalized spacial score (nSPS) is 11.0. The molecule has 0 radical (unpaired) electrons. The van der Waals surface area contributed by atoms with Gasteiger partial charge in [-0.3, -0.25) is 9.97 Å². The van der Waals surface area contributed by atoms with Crippen molar-refractivity contribution in [2.45, 2.75) is 0 Å². The van der Waals surface area contributed by atoms with Crippen LogP contribution < -0.4 is 5.73 Å². The highest BCUT2D eigenvalue weighted by Gasteiger charge is 2.12. The third kappa shape index (κ3) is 2.73. The van der Waals surface area contributed by atoms with Crippen molar-refractivity contribution in [3.05, 3.63) is 67.3 Å². The third-order valence-electron chi connectivity index (χ3n) is 4.59. The molecule has 0 saturated carbocycles. The Morgan fingerprint density at radius 1 is 0.786 bits per heavy atom. The van der Waals surface area contributed by atoms with Crippen molar-refractivity contribution < 1.29 is 0 Å². The maximum Gasteiger partial charge on any atom is 0.183 e. The molecule has 4 aromatic heterocycles. The first-order valence-electron chi connectivity index (χ1n) is 8.59. The number of benzene rings is 1. The highest BCUT2D eigenvalue weighted by atomic mass is 15.5. The highest BCUT2D eigenvalue weighted by Crippen LogP contribution is 2.32. The van der Waals surface area contributed by atoms with Crippen LogP contribution in [0, 0.1) is 0 Å². The summed E-state index contributed by atoms with van der Waals surface area (Å²) in [5.74, 6) is 0.842. The Labute approximate surface area is 159 Å². The Morgan fingerprint density at radius 3 is 2.50 bits per heavy atom. The summed E-state index contributed by atoms with van der Waals surface area (Å²) in [6.45, 7) is 0. The molecule has 5 aromatic rings. The van der Waals surface area contributed by atoms with E-state index < -0.39 is 0 Å². The second-order valence-corrected chi connectivity index (χ2v) is 6.23. The van der Waals surface area contributed by atoms with E-state index in [0.29, 0.717) is 17.2 Å². The lowest BCUT2D eigenvalue weighted by atomic mass is 9.98. The quantitative estimate of drug-likeness (QED) is 0.503. The van der Waals surface area contributed by atoms with Crippen LogP contribution in [0.2, 0.25) is 0 Å². The zero-order valence-electron chi connectivity index (χ0n) is 14.6. The summed E-state index contributed by atoms with van der Waals surface area (Å²) in [6, 6.07) is 14.0. The molecule has 0 aliphatic carbocycles. The van der Waals surface area contributed by atoms with Crippen molar-refractivity contribution in [1.82, 2.24) is 35.6 Å². The molecular formula is C20H14N8. The Hall–Kier alpha value is -4.20. The number of H-pyrrole nitrogens is 1. The molecule has 0 saturated heterocycles. The van der Waals surface area contributed by atoms with Gasteiger partial charge in [-0.05, 0) is 63.5 Å². The number of anilines is 1. The maximum absolute atomic E-state index is 6.01. The monoisotopic (exact) mass is 366 g/mol. The van der Waals surface area contributed by atoms with Crippen molar-refractivity contribution in [2.24, 2.45) is 0 Å². The Bertz CT molecular complexity index is 1270. The number of rotatable bonds is 3. The Balaban J connectivity index is 1.68. The first kappa shape index (κ1) is 16.0. The van der Waals surface area contributed by atoms with E-state index in [1.165, 1.54) is 0 Å². The van der Waals surface area contributed by atoms with Gasteiger partial charge in [-0.25, -0.2) is 10.1 Å². The molecule has 3 N–H and O–H groups in total. The van der Waals surface area contributed by atoms with Gasteiger partial charge < -0.3 is 5.73 Å². The maximum atomic E-state index is 6.01. The molecule has 0 amide bonds. The minimum atomic E-state index is 0.363. The highest BCUT2D eigenvalue weighted by molar-refractivity contribution is 5.97. The molecule has 0 fully saturated rings. The van der Waals surface area contributed by atoms with E-state index in [-0.39, 0.29) is 0 Å². The number of aromatic nitrogens is 7. The summed E-state index contributed by atoms with van der Waals surface area (Å²) in [4.78, 5) is 12.9. The van der Waals surface area contributed by atoms with E-state index in [1.54, 1.807) is 18.6 Å². The van der Waals surface area contributed by atoms with Crippen molar-refractivity contribution in [2.75, 3.05) is 5.73 Å². The van der Waals surface area contributed by atoms with Gasteiger partial charge in [0.1, 0.15) is 5.82 Å². The summed E-state index contributed by atoms with van der Waals surface area (Å²) in [6.07, 6.45) is 7.13. The molecule has 4 heterocycles. The van der Waals surface area contributed by atoms with Crippen LogP contribution >= 0.6 is 0 Å². The smallest absolute Gasteiger partial charge is 0.183 e. The fourth-order valence-electron chi connectivity index (χ4n) is 3.21. The molecule has 0 aliphatic rings. The van der Waals surface area contributed by atoms with E-state index in [0.717, 1.165) is 33.2 Å². The van der Waals surface area contributed by atoms with Crippen LogP contribution in [0.25, 0.3) is 44.5 Å². The van der Waals surface area contributed by atoms with Gasteiger partial charge in [-0.2, -0.15) is 0 Å². The molecule has 8 nitrogen and oxygen atoms in total. The zero-order valence-corrected chi connectivity index (χ0v) is 14.6. The lowest BCUT2D eigenvalue weighted by Gasteiger charge is -2.10. The lowest BCUT2D eigenvalue weighted by molar-refractivity contribution is 0.881. The number of tetrazole rings is 1. The van der Waals surface area contributed by atoms with Gasteiger partial charge in [0.15, 0.2) is 5.82 Å². The van der Waals surface area contributed by atoms with Gasteiger partial charge >= 0.3 is 0 Å². The Kier molecular flexibility index (Phi) is 3.72. The molecular weight excluding hydrogens is 352 g/mol. The largest absolute Gasteiger partial charge is 0.383 e. The molecule has 1 aromatic carbocycles. The van der Waals surface area contributed by atoms with E-state index in [1.807, 2.05) is 42.6 Å². The molecule has 0 bridgehead atoms. The van der Waals surface area contributed by atoms with Gasteiger partial charge in [0, 0.05) is 35.7 Å². The number of pyridine rings is 3. The van der Waals surface area contributed by atoms with Crippen molar-refractivity contribution in [1.29, 1.82) is 0 Å². The average molecular weight is 366 g/mol. The van der Waals surface area contributed by atoms with E-state index >= 15 is 0 Å². The summed E-state index contributed by atoms with van der Waals surface area (Å²) in [7, 11) is 0. The van der Waals surface area contributed by atoms with Gasteiger partial charge in [-0.1, -0.05) is 6.07 Å². The number of hydrogen-bond donors (Lipinski definition) is 2. The number of fused-ring (bicyclic) bond motifs is 1. The van der Waals surface area contributed by atoms with Crippen molar-refractivity contribution in [3.8, 4) is 33.6 Å². The summed E-state index contributed by atoms with van der Waals surface area (Å²) < 4.78 is 0. The van der Waals surface area contributed by atoms with Crippen LogP contribution in [0.3, 0.4) is 0 Å². The third-order valence-corrected chi connectivity index (χ3v) is 4.59. The molecule has 8 heteroatoms. The van der Waals surface area contributed by atoms with Crippen LogP contribution in [0.4, 0.5) is 5.82 Å². The molecule has 0 atom stereocenters. The predicted octanol–water partition coefficient (Wildman–Crippen LogP) is 3.12. The van der Waals surface area contributed by atoms with Gasteiger partial charge in [0.2, 0.25) is 0 Å². The number of hydrogen-bond acceptors (Lipinski definition) is 7. The fourth-order valence-corrected chi connectivity index (χ4v) is 3.21. The molecule has 28 heavy (non-hydrogen) atoms. The first-order chi connectivity index (χ1) is 13.8. The molecule has 5 rings (SSSR count). The number of aromatic amines is 1. The van der Waals surface area contributed by atoms with Gasteiger partial charge in [-0.15, -0.1) is 5.10 Å². The predicted molar refractivity (Wildman–Crippen MR) is 106 cm³/mol. The fraction of sp³-hybridized carbons (Fsp3) is 0. The van der Waals surface area contributed by atoms with E-state index in [4.69, 9.17) is 5.73 Å². The van der Waals surface area contributed by atoms with Gasteiger partial charge in [0.25, 0.3) is 0 Å². The van der Waals surface area contributed by atoms with E-state index in [2.05, 4.69) is 41.6 Å².